The molecule has 7 nitrogen and oxygen atoms in total. The molecule has 29 heavy (non-hydrogen) atoms. The molecule has 2 heterocycles. The van der Waals surface area contributed by atoms with E-state index >= 15 is 0 Å². The lowest BCUT2D eigenvalue weighted by Crippen LogP contribution is -2.52. The van der Waals surface area contributed by atoms with Crippen molar-refractivity contribution >= 4 is 35.6 Å². The van der Waals surface area contributed by atoms with Gasteiger partial charge in [0.15, 0.2) is 17.4 Å². The van der Waals surface area contributed by atoms with Crippen LogP contribution in [0.5, 0.6) is 0 Å². The number of benzene rings is 1. The molecule has 0 saturated heterocycles. The monoisotopic (exact) mass is 507 g/mol. The summed E-state index contributed by atoms with van der Waals surface area (Å²) in [4.78, 5) is 4.32. The molecule has 0 fully saturated rings. The van der Waals surface area contributed by atoms with E-state index in [1.54, 1.807) is 7.05 Å². The van der Waals surface area contributed by atoms with Crippen LogP contribution in [0.2, 0.25) is 0 Å². The standard InChI is InChI=1S/C21H29N7.HI/c1-16(17-10-6-5-7-11-17)25-21(2,3)15-24-20(22-4)23-14-19-27-26-18-12-8-9-13-28(18)19;/h5-13,16,25H,14-15H2,1-4H3,(H2,22,23,24);1H. The zero-order valence-corrected chi connectivity index (χ0v) is 19.7. The molecule has 0 spiro atoms. The number of hydrogen-bond donors (Lipinski definition) is 3. The predicted octanol–water partition coefficient (Wildman–Crippen LogP) is 3.14. The summed E-state index contributed by atoms with van der Waals surface area (Å²) in [7, 11) is 1.77. The first-order valence-electron chi connectivity index (χ1n) is 9.54. The van der Waals surface area contributed by atoms with Gasteiger partial charge in [-0.15, -0.1) is 34.2 Å². The van der Waals surface area contributed by atoms with E-state index < -0.39 is 0 Å². The van der Waals surface area contributed by atoms with Crippen LogP contribution in [0.4, 0.5) is 0 Å². The van der Waals surface area contributed by atoms with Gasteiger partial charge < -0.3 is 16.0 Å². The SMILES string of the molecule is CN=C(NCc1nnc2ccccn12)NCC(C)(C)NC(C)c1ccccc1.I. The molecule has 0 saturated carbocycles. The van der Waals surface area contributed by atoms with Gasteiger partial charge in [0.2, 0.25) is 0 Å². The lowest BCUT2D eigenvalue weighted by atomic mass is 10.0. The first-order valence-corrected chi connectivity index (χ1v) is 9.54. The van der Waals surface area contributed by atoms with Crippen LogP contribution < -0.4 is 16.0 Å². The fourth-order valence-corrected chi connectivity index (χ4v) is 3.16. The van der Waals surface area contributed by atoms with E-state index in [0.717, 1.165) is 24.0 Å². The first kappa shape index (κ1) is 23.1. The molecule has 2 aromatic heterocycles. The van der Waals surface area contributed by atoms with Crippen molar-refractivity contribution in [2.24, 2.45) is 4.99 Å². The fourth-order valence-electron chi connectivity index (χ4n) is 3.16. The number of aliphatic imine (C=N–C) groups is 1. The zero-order chi connectivity index (χ0) is 20.0. The van der Waals surface area contributed by atoms with Crippen molar-refractivity contribution in [2.75, 3.05) is 13.6 Å². The molecule has 0 bridgehead atoms. The number of halogens is 1. The molecular weight excluding hydrogens is 477 g/mol. The van der Waals surface area contributed by atoms with Crippen LogP contribution >= 0.6 is 24.0 Å². The summed E-state index contributed by atoms with van der Waals surface area (Å²) in [5, 5.41) is 18.8. The summed E-state index contributed by atoms with van der Waals surface area (Å²) in [6.45, 7) is 7.81. The summed E-state index contributed by atoms with van der Waals surface area (Å²) in [5.74, 6) is 1.57. The topological polar surface area (TPSA) is 78.6 Å². The summed E-state index contributed by atoms with van der Waals surface area (Å²) < 4.78 is 1.97. The highest BCUT2D eigenvalue weighted by molar-refractivity contribution is 14.0. The normalized spacial score (nSPS) is 13.0. The van der Waals surface area contributed by atoms with Gasteiger partial charge in [-0.3, -0.25) is 9.39 Å². The molecule has 1 aromatic carbocycles. The number of rotatable bonds is 7. The van der Waals surface area contributed by atoms with Crippen molar-refractivity contribution in [3.05, 3.63) is 66.1 Å². The van der Waals surface area contributed by atoms with E-state index in [4.69, 9.17) is 0 Å². The van der Waals surface area contributed by atoms with Gasteiger partial charge in [0.05, 0.1) is 6.54 Å². The minimum absolute atomic E-state index is 0. The maximum absolute atomic E-state index is 4.32. The minimum atomic E-state index is -0.117. The van der Waals surface area contributed by atoms with Gasteiger partial charge in [-0.25, -0.2) is 0 Å². The Labute approximate surface area is 189 Å². The lowest BCUT2D eigenvalue weighted by Gasteiger charge is -2.31. The van der Waals surface area contributed by atoms with E-state index in [9.17, 15) is 0 Å². The number of aromatic nitrogens is 3. The maximum atomic E-state index is 4.32. The Morgan fingerprint density at radius 1 is 1.07 bits per heavy atom. The van der Waals surface area contributed by atoms with Crippen molar-refractivity contribution in [1.82, 2.24) is 30.5 Å². The molecule has 156 valence electrons. The molecule has 3 rings (SSSR count). The maximum Gasteiger partial charge on any atom is 0.191 e. The average molecular weight is 507 g/mol. The summed E-state index contributed by atoms with van der Waals surface area (Å²) >= 11 is 0. The van der Waals surface area contributed by atoms with Crippen molar-refractivity contribution in [1.29, 1.82) is 0 Å². The molecule has 1 unspecified atom stereocenters. The third kappa shape index (κ3) is 6.40. The van der Waals surface area contributed by atoms with Gasteiger partial charge in [0.25, 0.3) is 0 Å². The van der Waals surface area contributed by atoms with E-state index in [1.165, 1.54) is 5.56 Å². The Morgan fingerprint density at radius 2 is 1.79 bits per heavy atom. The van der Waals surface area contributed by atoms with Crippen LogP contribution in [0.3, 0.4) is 0 Å². The lowest BCUT2D eigenvalue weighted by molar-refractivity contribution is 0.345. The minimum Gasteiger partial charge on any atom is -0.355 e. The van der Waals surface area contributed by atoms with Gasteiger partial charge in [-0.05, 0) is 38.5 Å². The number of fused-ring (bicyclic) bond motifs is 1. The van der Waals surface area contributed by atoms with E-state index in [0.29, 0.717) is 6.54 Å². The van der Waals surface area contributed by atoms with Gasteiger partial charge in [-0.1, -0.05) is 36.4 Å². The van der Waals surface area contributed by atoms with Crippen LogP contribution in [0.25, 0.3) is 5.65 Å². The molecule has 0 radical (unpaired) electrons. The molecule has 0 aliphatic carbocycles. The van der Waals surface area contributed by atoms with Crippen molar-refractivity contribution < 1.29 is 0 Å². The first-order chi connectivity index (χ1) is 13.5. The number of nitrogens with zero attached hydrogens (tertiary/aromatic N) is 4. The molecule has 1 atom stereocenters. The summed E-state index contributed by atoms with van der Waals surface area (Å²) in [5.41, 5.74) is 1.99. The van der Waals surface area contributed by atoms with Crippen molar-refractivity contribution in [2.45, 2.75) is 38.9 Å². The zero-order valence-electron chi connectivity index (χ0n) is 17.4. The average Bonchev–Trinajstić information content (AvgIpc) is 3.11. The van der Waals surface area contributed by atoms with E-state index in [2.05, 4.69) is 76.2 Å². The van der Waals surface area contributed by atoms with Crippen LogP contribution in [-0.4, -0.2) is 39.7 Å². The van der Waals surface area contributed by atoms with Crippen LogP contribution in [0.15, 0.2) is 59.7 Å². The van der Waals surface area contributed by atoms with Crippen molar-refractivity contribution in [3.8, 4) is 0 Å². The van der Waals surface area contributed by atoms with E-state index in [-0.39, 0.29) is 35.6 Å². The third-order valence-corrected chi connectivity index (χ3v) is 4.63. The molecule has 0 amide bonds. The van der Waals surface area contributed by atoms with Crippen LogP contribution in [-0.2, 0) is 6.54 Å². The van der Waals surface area contributed by atoms with E-state index in [1.807, 2.05) is 34.9 Å². The quantitative estimate of drug-likeness (QED) is 0.260. The Balaban J connectivity index is 0.00000300. The summed E-state index contributed by atoms with van der Waals surface area (Å²) in [6.07, 6.45) is 1.96. The van der Waals surface area contributed by atoms with Crippen molar-refractivity contribution in [3.63, 3.8) is 0 Å². The molecule has 3 N–H and O–H groups in total. The molecule has 3 aromatic rings. The smallest absolute Gasteiger partial charge is 0.191 e. The molecule has 0 aliphatic heterocycles. The highest BCUT2D eigenvalue weighted by Gasteiger charge is 2.21. The Kier molecular flexibility index (Phi) is 8.39. The highest BCUT2D eigenvalue weighted by Crippen LogP contribution is 2.15. The molecule has 8 heteroatoms. The summed E-state index contributed by atoms with van der Waals surface area (Å²) in [6, 6.07) is 16.6. The predicted molar refractivity (Wildman–Crippen MR) is 129 cm³/mol. The molecular formula is C21H30IN7. The second-order valence-electron chi connectivity index (χ2n) is 7.48. The van der Waals surface area contributed by atoms with Gasteiger partial charge in [0.1, 0.15) is 0 Å². The second kappa shape index (κ2) is 10.5. The Morgan fingerprint density at radius 3 is 2.52 bits per heavy atom. The second-order valence-corrected chi connectivity index (χ2v) is 7.48. The Bertz CT molecular complexity index is 921. The van der Waals surface area contributed by atoms with Crippen LogP contribution in [0, 0.1) is 0 Å². The fraction of sp³-hybridized carbons (Fsp3) is 0.381. The Hall–Kier alpha value is -2.20. The largest absolute Gasteiger partial charge is 0.355 e. The molecule has 0 aliphatic rings. The highest BCUT2D eigenvalue weighted by atomic mass is 127. The number of guanidine groups is 1. The van der Waals surface area contributed by atoms with Gasteiger partial charge >= 0.3 is 0 Å². The number of pyridine rings is 1. The van der Waals surface area contributed by atoms with Gasteiger partial charge in [-0.2, -0.15) is 0 Å². The number of nitrogens with one attached hydrogen (secondary N) is 3. The van der Waals surface area contributed by atoms with Gasteiger partial charge in [0, 0.05) is 31.4 Å². The third-order valence-electron chi connectivity index (χ3n) is 4.63. The van der Waals surface area contributed by atoms with Crippen LogP contribution in [0.1, 0.15) is 38.2 Å². The number of hydrogen-bond acceptors (Lipinski definition) is 4.